The van der Waals surface area contributed by atoms with E-state index in [0.29, 0.717) is 34.3 Å². The second kappa shape index (κ2) is 13.7. The van der Waals surface area contributed by atoms with E-state index in [1.807, 2.05) is 24.3 Å². The quantitative estimate of drug-likeness (QED) is 0.0857. The number of nitrogens with one attached hydrogen (secondary N) is 3. The average Bonchev–Trinajstić information content (AvgIpc) is 2.87. The lowest BCUT2D eigenvalue weighted by molar-refractivity contribution is -0.139. The molecule has 194 valence electrons. The van der Waals surface area contributed by atoms with E-state index < -0.39 is 17.9 Å². The number of carbonyl (C=O) groups is 2. The van der Waals surface area contributed by atoms with Crippen LogP contribution in [0.3, 0.4) is 0 Å². The van der Waals surface area contributed by atoms with Gasteiger partial charge in [-0.15, -0.1) is 0 Å². The number of thiocarbonyl (C=S) groups is 1. The van der Waals surface area contributed by atoms with Crippen LogP contribution in [0.2, 0.25) is 0 Å². The second-order valence-electron chi connectivity index (χ2n) is 7.70. The Bertz CT molecular complexity index is 1250. The SMILES string of the molecule is C=CCOc1ccc(C=NNC(=O)COc2ccccc2[C@@H]2NC(=S)NC(C)=C2C(=O)OCC)cc1I. The van der Waals surface area contributed by atoms with Crippen molar-refractivity contribution >= 4 is 58.0 Å². The molecule has 0 bridgehead atoms. The normalized spacial score (nSPS) is 15.0. The van der Waals surface area contributed by atoms with Crippen LogP contribution in [0.5, 0.6) is 11.5 Å². The van der Waals surface area contributed by atoms with Gasteiger partial charge in [-0.1, -0.05) is 30.9 Å². The molecule has 11 heteroatoms. The summed E-state index contributed by atoms with van der Waals surface area (Å²) < 4.78 is 17.5. The molecular formula is C26H27IN4O5S. The lowest BCUT2D eigenvalue weighted by atomic mass is 9.95. The highest BCUT2D eigenvalue weighted by Gasteiger charge is 2.32. The van der Waals surface area contributed by atoms with Gasteiger partial charge in [0, 0.05) is 11.3 Å². The Hall–Kier alpha value is -3.45. The molecular weight excluding hydrogens is 607 g/mol. The maximum absolute atomic E-state index is 12.7. The van der Waals surface area contributed by atoms with E-state index in [4.69, 9.17) is 26.4 Å². The van der Waals surface area contributed by atoms with Crippen molar-refractivity contribution in [3.8, 4) is 11.5 Å². The molecule has 0 saturated carbocycles. The molecule has 2 aromatic carbocycles. The zero-order chi connectivity index (χ0) is 26.8. The summed E-state index contributed by atoms with van der Waals surface area (Å²) in [6.45, 7) is 7.50. The van der Waals surface area contributed by atoms with E-state index in [1.54, 1.807) is 38.1 Å². The third-order valence-electron chi connectivity index (χ3n) is 5.07. The standard InChI is InChI=1S/C26H27IN4O5S/c1-4-12-35-21-11-10-17(13-19(21)27)14-28-31-22(32)15-36-20-9-7-6-8-18(20)24-23(25(33)34-5-2)16(3)29-26(37)30-24/h4,6-11,13-14,24H,1,5,12,15H2,2-3H3,(H,31,32)(H2,29,30,37)/t24-/m0/s1. The number of allylic oxidation sites excluding steroid dienone is 1. The summed E-state index contributed by atoms with van der Waals surface area (Å²) in [6, 6.07) is 12.0. The molecule has 0 fully saturated rings. The van der Waals surface area contributed by atoms with Crippen LogP contribution >= 0.6 is 34.8 Å². The number of esters is 1. The molecule has 0 radical (unpaired) electrons. The summed E-state index contributed by atoms with van der Waals surface area (Å²) in [5, 5.41) is 10.4. The van der Waals surface area contributed by atoms with Crippen LogP contribution in [0.25, 0.3) is 0 Å². The molecule has 37 heavy (non-hydrogen) atoms. The number of hydrogen-bond acceptors (Lipinski definition) is 7. The first kappa shape index (κ1) is 28.1. The minimum Gasteiger partial charge on any atom is -0.488 e. The first-order chi connectivity index (χ1) is 17.8. The van der Waals surface area contributed by atoms with Crippen LogP contribution in [0, 0.1) is 3.57 Å². The molecule has 1 heterocycles. The minimum atomic E-state index is -0.606. The Balaban J connectivity index is 1.66. The Morgan fingerprint density at radius 3 is 2.73 bits per heavy atom. The molecule has 0 saturated heterocycles. The van der Waals surface area contributed by atoms with Gasteiger partial charge in [0.2, 0.25) is 0 Å². The van der Waals surface area contributed by atoms with Crippen molar-refractivity contribution in [2.45, 2.75) is 19.9 Å². The van der Waals surface area contributed by atoms with Gasteiger partial charge in [0.15, 0.2) is 11.7 Å². The number of rotatable bonds is 11. The molecule has 0 unspecified atom stereocenters. The summed E-state index contributed by atoms with van der Waals surface area (Å²) in [6.07, 6.45) is 3.21. The van der Waals surface area contributed by atoms with Crippen molar-refractivity contribution in [3.63, 3.8) is 0 Å². The number of nitrogens with zero attached hydrogens (tertiary/aromatic N) is 1. The van der Waals surface area contributed by atoms with Crippen molar-refractivity contribution in [2.24, 2.45) is 5.10 Å². The van der Waals surface area contributed by atoms with Crippen molar-refractivity contribution in [1.82, 2.24) is 16.1 Å². The molecule has 1 amide bonds. The Morgan fingerprint density at radius 1 is 1.22 bits per heavy atom. The number of para-hydroxylation sites is 1. The lowest BCUT2D eigenvalue weighted by Gasteiger charge is -2.30. The van der Waals surface area contributed by atoms with Gasteiger partial charge in [0.1, 0.15) is 18.1 Å². The first-order valence-electron chi connectivity index (χ1n) is 11.4. The van der Waals surface area contributed by atoms with Gasteiger partial charge in [-0.2, -0.15) is 5.10 Å². The molecule has 1 atom stereocenters. The van der Waals surface area contributed by atoms with Gasteiger partial charge in [0.05, 0.1) is 28.0 Å². The molecule has 0 aromatic heterocycles. The largest absolute Gasteiger partial charge is 0.488 e. The maximum Gasteiger partial charge on any atom is 0.338 e. The second-order valence-corrected chi connectivity index (χ2v) is 9.27. The van der Waals surface area contributed by atoms with Crippen molar-refractivity contribution in [2.75, 3.05) is 19.8 Å². The summed E-state index contributed by atoms with van der Waals surface area (Å²) in [4.78, 5) is 25.0. The lowest BCUT2D eigenvalue weighted by Crippen LogP contribution is -2.45. The van der Waals surface area contributed by atoms with E-state index >= 15 is 0 Å². The van der Waals surface area contributed by atoms with E-state index in [9.17, 15) is 9.59 Å². The first-order valence-corrected chi connectivity index (χ1v) is 12.8. The van der Waals surface area contributed by atoms with Crippen LogP contribution in [-0.4, -0.2) is 43.0 Å². The Kier molecular flexibility index (Phi) is 10.4. The van der Waals surface area contributed by atoms with Gasteiger partial charge in [-0.3, -0.25) is 4.79 Å². The maximum atomic E-state index is 12.7. The fourth-order valence-electron chi connectivity index (χ4n) is 3.47. The molecule has 0 spiro atoms. The van der Waals surface area contributed by atoms with Gasteiger partial charge in [-0.05, 0) is 78.5 Å². The summed E-state index contributed by atoms with van der Waals surface area (Å²) in [7, 11) is 0. The topological polar surface area (TPSA) is 110 Å². The van der Waals surface area contributed by atoms with Gasteiger partial charge in [-0.25, -0.2) is 10.2 Å². The molecule has 3 rings (SSSR count). The zero-order valence-corrected chi connectivity index (χ0v) is 23.4. The van der Waals surface area contributed by atoms with Crippen LogP contribution in [-0.2, 0) is 14.3 Å². The summed E-state index contributed by atoms with van der Waals surface area (Å²) in [5.74, 6) is 0.249. The third-order valence-corrected chi connectivity index (χ3v) is 6.13. The Labute approximate surface area is 234 Å². The van der Waals surface area contributed by atoms with E-state index in [2.05, 4.69) is 50.3 Å². The summed E-state index contributed by atoms with van der Waals surface area (Å²) in [5.41, 5.74) is 4.86. The van der Waals surface area contributed by atoms with Crippen molar-refractivity contribution < 1.29 is 23.8 Å². The van der Waals surface area contributed by atoms with E-state index in [0.717, 1.165) is 14.9 Å². The number of hydrogen-bond donors (Lipinski definition) is 3. The van der Waals surface area contributed by atoms with E-state index in [1.165, 1.54) is 6.21 Å². The summed E-state index contributed by atoms with van der Waals surface area (Å²) >= 11 is 7.46. The molecule has 1 aliphatic rings. The number of benzene rings is 2. The fourth-order valence-corrected chi connectivity index (χ4v) is 4.44. The third kappa shape index (κ3) is 7.76. The van der Waals surface area contributed by atoms with Crippen LogP contribution in [0.1, 0.15) is 31.0 Å². The molecule has 1 aliphatic heterocycles. The zero-order valence-electron chi connectivity index (χ0n) is 20.4. The number of halogens is 1. The van der Waals surface area contributed by atoms with Crippen LogP contribution in [0.4, 0.5) is 0 Å². The highest BCUT2D eigenvalue weighted by atomic mass is 127. The van der Waals surface area contributed by atoms with Gasteiger partial charge in [0.25, 0.3) is 5.91 Å². The molecule has 9 nitrogen and oxygen atoms in total. The van der Waals surface area contributed by atoms with Crippen LogP contribution in [0.15, 0.2) is 71.5 Å². The average molecular weight is 634 g/mol. The van der Waals surface area contributed by atoms with Crippen molar-refractivity contribution in [1.29, 1.82) is 0 Å². The highest BCUT2D eigenvalue weighted by Crippen LogP contribution is 2.33. The predicted molar refractivity (Wildman–Crippen MR) is 153 cm³/mol. The number of hydrazone groups is 1. The highest BCUT2D eigenvalue weighted by molar-refractivity contribution is 14.1. The molecule has 3 N–H and O–H groups in total. The monoisotopic (exact) mass is 634 g/mol. The number of ether oxygens (including phenoxy) is 3. The van der Waals surface area contributed by atoms with E-state index in [-0.39, 0.29) is 13.2 Å². The van der Waals surface area contributed by atoms with Gasteiger partial charge >= 0.3 is 5.97 Å². The fraction of sp³-hybridized carbons (Fsp3) is 0.231. The minimum absolute atomic E-state index is 0.234. The molecule has 0 aliphatic carbocycles. The van der Waals surface area contributed by atoms with Gasteiger partial charge < -0.3 is 24.8 Å². The number of amides is 1. The number of carbonyl (C=O) groups excluding carboxylic acids is 2. The molecule has 2 aromatic rings. The predicted octanol–water partition coefficient (Wildman–Crippen LogP) is 3.74. The van der Waals surface area contributed by atoms with Crippen LogP contribution < -0.4 is 25.5 Å². The smallest absolute Gasteiger partial charge is 0.338 e. The van der Waals surface area contributed by atoms with Crippen molar-refractivity contribution in [3.05, 3.63) is 81.1 Å². The Morgan fingerprint density at radius 2 is 2.00 bits per heavy atom.